The lowest BCUT2D eigenvalue weighted by Gasteiger charge is -2.05. The molecule has 1 N–H and O–H groups in total. The fourth-order valence-electron chi connectivity index (χ4n) is 1.40. The van der Waals surface area contributed by atoms with Crippen LogP contribution in [-0.4, -0.2) is 16.1 Å². The number of pyridine rings is 1. The molecule has 0 unspecified atom stereocenters. The Morgan fingerprint density at radius 2 is 2.12 bits per heavy atom. The molecule has 0 atom stereocenters. The number of hydrogen-bond donors (Lipinski definition) is 1. The van der Waals surface area contributed by atoms with Crippen LogP contribution in [0.1, 0.15) is 15.9 Å². The first-order valence-electron chi connectivity index (χ1n) is 5.09. The lowest BCUT2D eigenvalue weighted by Crippen LogP contribution is -1.97. The Morgan fingerprint density at radius 3 is 2.82 bits per heavy atom. The number of benzene rings is 1. The number of nitrogens with zero attached hydrogens (tertiary/aromatic N) is 1. The molecule has 1 aromatic carbocycles. The molecular formula is C13H11NO3. The maximum atomic E-state index is 10.8. The highest BCUT2D eigenvalue weighted by atomic mass is 16.5. The van der Waals surface area contributed by atoms with Gasteiger partial charge in [-0.05, 0) is 30.7 Å². The normalized spacial score (nSPS) is 9.94. The fraction of sp³-hybridized carbons (Fsp3) is 0.0769. The first-order valence-corrected chi connectivity index (χ1v) is 5.09. The molecule has 0 aliphatic rings. The number of rotatable bonds is 3. The standard InChI is InChI=1S/C13H11NO3/c1-9-3-2-4-11(7-9)17-12-8-10(13(15)16)5-6-14-12/h2-8H,1H3,(H,15,16). The van der Waals surface area contributed by atoms with E-state index in [1.807, 2.05) is 25.1 Å². The van der Waals surface area contributed by atoms with Crippen LogP contribution in [0, 0.1) is 6.92 Å². The van der Waals surface area contributed by atoms with Crippen LogP contribution < -0.4 is 4.74 Å². The number of carbonyl (C=O) groups is 1. The van der Waals surface area contributed by atoms with E-state index >= 15 is 0 Å². The minimum absolute atomic E-state index is 0.155. The summed E-state index contributed by atoms with van der Waals surface area (Å²) in [5.74, 6) is -0.0861. The van der Waals surface area contributed by atoms with Crippen LogP contribution in [-0.2, 0) is 0 Å². The summed E-state index contributed by atoms with van der Waals surface area (Å²) in [7, 11) is 0. The number of carboxylic acids is 1. The number of aryl methyl sites for hydroxylation is 1. The van der Waals surface area contributed by atoms with Gasteiger partial charge in [0.15, 0.2) is 0 Å². The summed E-state index contributed by atoms with van der Waals surface area (Å²) in [5.41, 5.74) is 1.22. The molecule has 0 saturated carbocycles. The smallest absolute Gasteiger partial charge is 0.335 e. The predicted molar refractivity (Wildman–Crippen MR) is 62.4 cm³/mol. The van der Waals surface area contributed by atoms with Gasteiger partial charge in [0, 0.05) is 12.3 Å². The number of aromatic nitrogens is 1. The van der Waals surface area contributed by atoms with E-state index in [1.165, 1.54) is 18.3 Å². The Labute approximate surface area is 98.5 Å². The first kappa shape index (κ1) is 11.1. The van der Waals surface area contributed by atoms with E-state index in [0.717, 1.165) is 5.56 Å². The summed E-state index contributed by atoms with van der Waals surface area (Å²) in [6.07, 6.45) is 1.41. The molecule has 2 rings (SSSR count). The highest BCUT2D eigenvalue weighted by Crippen LogP contribution is 2.20. The van der Waals surface area contributed by atoms with E-state index in [-0.39, 0.29) is 11.4 Å². The summed E-state index contributed by atoms with van der Waals surface area (Å²) in [5, 5.41) is 8.84. The minimum atomic E-state index is -0.999. The molecule has 4 nitrogen and oxygen atoms in total. The highest BCUT2D eigenvalue weighted by Gasteiger charge is 2.05. The third-order valence-corrected chi connectivity index (χ3v) is 2.19. The van der Waals surface area contributed by atoms with Crippen LogP contribution in [0.3, 0.4) is 0 Å². The summed E-state index contributed by atoms with van der Waals surface area (Å²) in [4.78, 5) is 14.7. The van der Waals surface area contributed by atoms with Crippen molar-refractivity contribution in [1.29, 1.82) is 0 Å². The molecule has 0 aliphatic carbocycles. The van der Waals surface area contributed by atoms with Gasteiger partial charge in [-0.15, -0.1) is 0 Å². The molecule has 86 valence electrons. The average molecular weight is 229 g/mol. The van der Waals surface area contributed by atoms with E-state index < -0.39 is 5.97 Å². The van der Waals surface area contributed by atoms with E-state index in [9.17, 15) is 4.79 Å². The summed E-state index contributed by atoms with van der Waals surface area (Å²) in [6, 6.07) is 10.3. The van der Waals surface area contributed by atoms with E-state index in [0.29, 0.717) is 5.75 Å². The van der Waals surface area contributed by atoms with Crippen molar-refractivity contribution in [2.45, 2.75) is 6.92 Å². The maximum Gasteiger partial charge on any atom is 0.335 e. The van der Waals surface area contributed by atoms with Crippen molar-refractivity contribution in [2.24, 2.45) is 0 Å². The first-order chi connectivity index (χ1) is 8.15. The monoisotopic (exact) mass is 229 g/mol. The molecule has 0 saturated heterocycles. The van der Waals surface area contributed by atoms with Gasteiger partial charge >= 0.3 is 5.97 Å². The van der Waals surface area contributed by atoms with E-state index in [1.54, 1.807) is 6.07 Å². The lowest BCUT2D eigenvalue weighted by molar-refractivity contribution is 0.0696. The van der Waals surface area contributed by atoms with Crippen LogP contribution in [0.25, 0.3) is 0 Å². The molecule has 0 radical (unpaired) electrons. The van der Waals surface area contributed by atoms with Crippen molar-refractivity contribution in [1.82, 2.24) is 4.98 Å². The minimum Gasteiger partial charge on any atom is -0.478 e. The van der Waals surface area contributed by atoms with E-state index in [2.05, 4.69) is 4.98 Å². The quantitative estimate of drug-likeness (QED) is 0.879. The second-order valence-electron chi connectivity index (χ2n) is 3.61. The molecule has 4 heteroatoms. The van der Waals surface area contributed by atoms with Crippen molar-refractivity contribution in [3.05, 3.63) is 53.7 Å². The van der Waals surface area contributed by atoms with Crippen LogP contribution in [0.5, 0.6) is 11.6 Å². The molecule has 0 spiro atoms. The van der Waals surface area contributed by atoms with Gasteiger partial charge in [0.2, 0.25) is 5.88 Å². The molecule has 0 bridgehead atoms. The molecule has 17 heavy (non-hydrogen) atoms. The van der Waals surface area contributed by atoms with Crippen molar-refractivity contribution >= 4 is 5.97 Å². The van der Waals surface area contributed by atoms with Crippen molar-refractivity contribution in [3.8, 4) is 11.6 Å². The molecule has 1 aromatic heterocycles. The van der Waals surface area contributed by atoms with Crippen molar-refractivity contribution in [3.63, 3.8) is 0 Å². The second-order valence-corrected chi connectivity index (χ2v) is 3.61. The van der Waals surface area contributed by atoms with Crippen LogP contribution in [0.2, 0.25) is 0 Å². The van der Waals surface area contributed by atoms with Crippen molar-refractivity contribution in [2.75, 3.05) is 0 Å². The fourth-order valence-corrected chi connectivity index (χ4v) is 1.40. The number of ether oxygens (including phenoxy) is 1. The average Bonchev–Trinajstić information content (AvgIpc) is 2.29. The third kappa shape index (κ3) is 2.81. The number of hydrogen-bond acceptors (Lipinski definition) is 3. The van der Waals surface area contributed by atoms with E-state index in [4.69, 9.17) is 9.84 Å². The molecule has 1 heterocycles. The second kappa shape index (κ2) is 4.65. The van der Waals surface area contributed by atoms with Gasteiger partial charge in [-0.3, -0.25) is 0 Å². The Kier molecular flexibility index (Phi) is 3.05. The Hall–Kier alpha value is -2.36. The lowest BCUT2D eigenvalue weighted by atomic mass is 10.2. The Balaban J connectivity index is 2.24. The highest BCUT2D eigenvalue weighted by molar-refractivity contribution is 5.87. The molecular weight excluding hydrogens is 218 g/mol. The zero-order valence-electron chi connectivity index (χ0n) is 9.25. The molecule has 0 aliphatic heterocycles. The number of carboxylic acid groups (broad SMARTS) is 1. The molecule has 0 amide bonds. The van der Waals surface area contributed by atoms with Crippen LogP contribution >= 0.6 is 0 Å². The largest absolute Gasteiger partial charge is 0.478 e. The molecule has 2 aromatic rings. The van der Waals surface area contributed by atoms with Crippen molar-refractivity contribution < 1.29 is 14.6 Å². The van der Waals surface area contributed by atoms with Gasteiger partial charge in [-0.2, -0.15) is 0 Å². The summed E-state index contributed by atoms with van der Waals surface area (Å²) >= 11 is 0. The Morgan fingerprint density at radius 1 is 1.29 bits per heavy atom. The SMILES string of the molecule is Cc1cccc(Oc2cc(C(=O)O)ccn2)c1. The Bertz CT molecular complexity index is 552. The maximum absolute atomic E-state index is 10.8. The zero-order chi connectivity index (χ0) is 12.3. The zero-order valence-corrected chi connectivity index (χ0v) is 9.25. The van der Waals surface area contributed by atoms with Crippen LogP contribution in [0.15, 0.2) is 42.6 Å². The van der Waals surface area contributed by atoms with Gasteiger partial charge in [0.25, 0.3) is 0 Å². The third-order valence-electron chi connectivity index (χ3n) is 2.19. The van der Waals surface area contributed by atoms with Gasteiger partial charge in [-0.1, -0.05) is 12.1 Å². The van der Waals surface area contributed by atoms with Gasteiger partial charge in [0.05, 0.1) is 5.56 Å². The number of aromatic carboxylic acids is 1. The summed E-state index contributed by atoms with van der Waals surface area (Å²) < 4.78 is 5.48. The summed E-state index contributed by atoms with van der Waals surface area (Å²) in [6.45, 7) is 1.95. The molecule has 0 fully saturated rings. The predicted octanol–water partition coefficient (Wildman–Crippen LogP) is 2.88. The topological polar surface area (TPSA) is 59.4 Å². The van der Waals surface area contributed by atoms with Gasteiger partial charge in [0.1, 0.15) is 5.75 Å². The van der Waals surface area contributed by atoms with Gasteiger partial charge < -0.3 is 9.84 Å². The van der Waals surface area contributed by atoms with Crippen LogP contribution in [0.4, 0.5) is 0 Å². The van der Waals surface area contributed by atoms with Gasteiger partial charge in [-0.25, -0.2) is 9.78 Å².